The van der Waals surface area contributed by atoms with Crippen LogP contribution < -0.4 is 0 Å². The van der Waals surface area contributed by atoms with Crippen LogP contribution in [0, 0.1) is 12.3 Å². The number of terminal acetylenes is 1. The third-order valence-corrected chi connectivity index (χ3v) is 4.50. The number of sulfonamides is 1. The summed E-state index contributed by atoms with van der Waals surface area (Å²) in [6, 6.07) is 6.78. The van der Waals surface area contributed by atoms with E-state index in [1.165, 1.54) is 7.05 Å². The zero-order valence-electron chi connectivity index (χ0n) is 9.87. The molecular weight excluding hydrogens is 248 g/mol. The van der Waals surface area contributed by atoms with Gasteiger partial charge in [0.1, 0.15) is 0 Å². The second-order valence-electron chi connectivity index (χ2n) is 3.82. The summed E-state index contributed by atoms with van der Waals surface area (Å²) in [5, 5.41) is 1.43. The number of fused-ring (bicyclic) bond motifs is 1. The Morgan fingerprint density at radius 3 is 2.89 bits per heavy atom. The van der Waals surface area contributed by atoms with Gasteiger partial charge in [-0.05, 0) is 12.1 Å². The molecular formula is C13H12N2O2S. The SMILES string of the molecule is C#CCN(C)S(=O)(=O)c1cccc2cnccc12. The molecule has 18 heavy (non-hydrogen) atoms. The van der Waals surface area contributed by atoms with Crippen LogP contribution in [0.25, 0.3) is 10.8 Å². The van der Waals surface area contributed by atoms with Gasteiger partial charge in [0.05, 0.1) is 11.4 Å². The van der Waals surface area contributed by atoms with Crippen LogP contribution in [0.3, 0.4) is 0 Å². The molecule has 0 aliphatic rings. The largest absolute Gasteiger partial charge is 0.264 e. The molecule has 1 heterocycles. The van der Waals surface area contributed by atoms with Crippen molar-refractivity contribution in [1.29, 1.82) is 0 Å². The molecule has 0 amide bonds. The van der Waals surface area contributed by atoms with Gasteiger partial charge in [0.25, 0.3) is 0 Å². The quantitative estimate of drug-likeness (QED) is 0.786. The van der Waals surface area contributed by atoms with Gasteiger partial charge in [-0.1, -0.05) is 18.1 Å². The number of benzene rings is 1. The van der Waals surface area contributed by atoms with Gasteiger partial charge in [-0.2, -0.15) is 4.31 Å². The zero-order chi connectivity index (χ0) is 13.2. The van der Waals surface area contributed by atoms with Gasteiger partial charge in [0.15, 0.2) is 0 Å². The molecule has 5 heteroatoms. The number of hydrogen-bond acceptors (Lipinski definition) is 3. The van der Waals surface area contributed by atoms with E-state index in [0.717, 1.165) is 9.69 Å². The number of rotatable bonds is 3. The first kappa shape index (κ1) is 12.6. The maximum absolute atomic E-state index is 12.3. The third kappa shape index (κ3) is 2.08. The fourth-order valence-corrected chi connectivity index (χ4v) is 2.99. The van der Waals surface area contributed by atoms with Crippen molar-refractivity contribution in [3.63, 3.8) is 0 Å². The molecule has 0 fully saturated rings. The zero-order valence-corrected chi connectivity index (χ0v) is 10.7. The van der Waals surface area contributed by atoms with E-state index in [-0.39, 0.29) is 11.4 Å². The third-order valence-electron chi connectivity index (χ3n) is 2.64. The van der Waals surface area contributed by atoms with E-state index >= 15 is 0 Å². The second-order valence-corrected chi connectivity index (χ2v) is 5.83. The maximum atomic E-state index is 12.3. The molecule has 0 N–H and O–H groups in total. The lowest BCUT2D eigenvalue weighted by Crippen LogP contribution is -2.27. The minimum atomic E-state index is -3.56. The maximum Gasteiger partial charge on any atom is 0.244 e. The Balaban J connectivity index is 2.65. The molecule has 0 saturated carbocycles. The number of hydrogen-bond donors (Lipinski definition) is 0. The topological polar surface area (TPSA) is 50.3 Å². The second kappa shape index (κ2) is 4.77. The molecule has 1 aromatic carbocycles. The average molecular weight is 260 g/mol. The Kier molecular flexibility index (Phi) is 3.32. The van der Waals surface area contributed by atoms with Crippen molar-refractivity contribution >= 4 is 20.8 Å². The predicted octanol–water partition coefficient (Wildman–Crippen LogP) is 1.49. The van der Waals surface area contributed by atoms with E-state index in [1.807, 2.05) is 6.07 Å². The van der Waals surface area contributed by atoms with E-state index in [9.17, 15) is 8.42 Å². The first-order valence-electron chi connectivity index (χ1n) is 5.30. The summed E-state index contributed by atoms with van der Waals surface area (Å²) in [7, 11) is -2.10. The Bertz CT molecular complexity index is 712. The standard InChI is InChI=1S/C13H12N2O2S/c1-3-9-15(2)18(16,17)13-6-4-5-11-10-14-8-7-12(11)13/h1,4-8,10H,9H2,2H3. The predicted molar refractivity (Wildman–Crippen MR) is 70.4 cm³/mol. The molecule has 2 aromatic rings. The summed E-state index contributed by atoms with van der Waals surface area (Å²) >= 11 is 0. The van der Waals surface area contributed by atoms with Gasteiger partial charge in [0.2, 0.25) is 10.0 Å². The Labute approximate surface area is 106 Å². The van der Waals surface area contributed by atoms with Crippen molar-refractivity contribution in [2.45, 2.75) is 4.90 Å². The normalized spacial score (nSPS) is 11.6. The van der Waals surface area contributed by atoms with E-state index in [2.05, 4.69) is 10.9 Å². The molecule has 0 saturated heterocycles. The van der Waals surface area contributed by atoms with Crippen LogP contribution in [-0.2, 0) is 10.0 Å². The van der Waals surface area contributed by atoms with Gasteiger partial charge in [-0.15, -0.1) is 6.42 Å². The highest BCUT2D eigenvalue weighted by molar-refractivity contribution is 7.89. The van der Waals surface area contributed by atoms with Crippen LogP contribution in [-0.4, -0.2) is 31.3 Å². The van der Waals surface area contributed by atoms with Crippen LogP contribution in [0.15, 0.2) is 41.6 Å². The first-order valence-corrected chi connectivity index (χ1v) is 6.74. The van der Waals surface area contributed by atoms with Crippen LogP contribution in [0.1, 0.15) is 0 Å². The summed E-state index contributed by atoms with van der Waals surface area (Å²) in [6.45, 7) is 0.0454. The summed E-state index contributed by atoms with van der Waals surface area (Å²) in [5.41, 5.74) is 0. The highest BCUT2D eigenvalue weighted by Gasteiger charge is 2.21. The van der Waals surface area contributed by atoms with Crippen LogP contribution in [0.4, 0.5) is 0 Å². The van der Waals surface area contributed by atoms with E-state index < -0.39 is 10.0 Å². The minimum absolute atomic E-state index is 0.0454. The lowest BCUT2D eigenvalue weighted by molar-refractivity contribution is 0.504. The van der Waals surface area contributed by atoms with E-state index in [4.69, 9.17) is 6.42 Å². The monoisotopic (exact) mass is 260 g/mol. The molecule has 92 valence electrons. The molecule has 2 rings (SSSR count). The molecule has 0 unspecified atom stereocenters. The van der Waals surface area contributed by atoms with Crippen molar-refractivity contribution in [2.75, 3.05) is 13.6 Å². The smallest absolute Gasteiger partial charge is 0.244 e. The number of aromatic nitrogens is 1. The van der Waals surface area contributed by atoms with Crippen molar-refractivity contribution in [3.05, 3.63) is 36.7 Å². The van der Waals surface area contributed by atoms with Crippen LogP contribution in [0.5, 0.6) is 0 Å². The Morgan fingerprint density at radius 1 is 1.39 bits per heavy atom. The molecule has 1 aromatic heterocycles. The van der Waals surface area contributed by atoms with Crippen LogP contribution in [0.2, 0.25) is 0 Å². The van der Waals surface area contributed by atoms with E-state index in [1.54, 1.807) is 30.6 Å². The van der Waals surface area contributed by atoms with Gasteiger partial charge >= 0.3 is 0 Å². The van der Waals surface area contributed by atoms with Gasteiger partial charge < -0.3 is 0 Å². The minimum Gasteiger partial charge on any atom is -0.264 e. The highest BCUT2D eigenvalue weighted by atomic mass is 32.2. The summed E-state index contributed by atoms with van der Waals surface area (Å²) in [6.07, 6.45) is 8.36. The molecule has 0 atom stereocenters. The van der Waals surface area contributed by atoms with Crippen molar-refractivity contribution in [3.8, 4) is 12.3 Å². The summed E-state index contributed by atoms with van der Waals surface area (Å²) in [4.78, 5) is 4.23. The van der Waals surface area contributed by atoms with Crippen LogP contribution >= 0.6 is 0 Å². The fraction of sp³-hybridized carbons (Fsp3) is 0.154. The summed E-state index contributed by atoms with van der Waals surface area (Å²) < 4.78 is 25.8. The van der Waals surface area contributed by atoms with E-state index in [0.29, 0.717) is 5.39 Å². The number of pyridine rings is 1. The number of nitrogens with zero attached hydrogens (tertiary/aromatic N) is 2. The molecule has 4 nitrogen and oxygen atoms in total. The molecule has 0 aliphatic carbocycles. The lowest BCUT2D eigenvalue weighted by Gasteiger charge is -2.15. The molecule has 0 aliphatic heterocycles. The fourth-order valence-electron chi connectivity index (χ4n) is 1.70. The van der Waals surface area contributed by atoms with Gasteiger partial charge in [-0.25, -0.2) is 8.42 Å². The van der Waals surface area contributed by atoms with Gasteiger partial charge in [-0.3, -0.25) is 4.98 Å². The highest BCUT2D eigenvalue weighted by Crippen LogP contribution is 2.24. The Hall–Kier alpha value is -1.90. The molecule has 0 spiro atoms. The lowest BCUT2D eigenvalue weighted by atomic mass is 10.2. The van der Waals surface area contributed by atoms with Crippen molar-refractivity contribution in [2.24, 2.45) is 0 Å². The van der Waals surface area contributed by atoms with Crippen molar-refractivity contribution < 1.29 is 8.42 Å². The average Bonchev–Trinajstić information content (AvgIpc) is 2.38. The van der Waals surface area contributed by atoms with Gasteiger partial charge in [0, 0.05) is 30.2 Å². The Morgan fingerprint density at radius 2 is 2.17 bits per heavy atom. The summed E-state index contributed by atoms with van der Waals surface area (Å²) in [5.74, 6) is 2.33. The first-order chi connectivity index (χ1) is 8.57. The molecule has 0 bridgehead atoms. The molecule has 0 radical (unpaired) electrons. The van der Waals surface area contributed by atoms with Crippen molar-refractivity contribution in [1.82, 2.24) is 9.29 Å².